The van der Waals surface area contributed by atoms with Crippen molar-refractivity contribution >= 4 is 15.6 Å². The van der Waals surface area contributed by atoms with Crippen LogP contribution in [0.4, 0.5) is 26.3 Å². The third-order valence-corrected chi connectivity index (χ3v) is 6.24. The minimum Gasteiger partial charge on any atom is -0.307 e. The van der Waals surface area contributed by atoms with E-state index in [9.17, 15) is 30.6 Å². The Bertz CT molecular complexity index is 1120. The van der Waals surface area contributed by atoms with E-state index in [0.29, 0.717) is 28.6 Å². The van der Waals surface area contributed by atoms with Crippen molar-refractivity contribution in [3.63, 3.8) is 0 Å². The number of nitrogens with one attached hydrogen (secondary N) is 1. The molecular weight excluding hydrogens is 422 g/mol. The number of alkyl halides is 6. The van der Waals surface area contributed by atoms with Gasteiger partial charge in [0.05, 0.1) is 10.5 Å². The van der Waals surface area contributed by atoms with Gasteiger partial charge in [0.25, 0.3) is 0 Å². The van der Waals surface area contributed by atoms with Crippen LogP contribution >= 0.6 is 0 Å². The van der Waals surface area contributed by atoms with Crippen molar-refractivity contribution in [3.8, 4) is 0 Å². The fourth-order valence-electron chi connectivity index (χ4n) is 2.84. The Hall–Kier alpha value is -2.60. The summed E-state index contributed by atoms with van der Waals surface area (Å²) in [6.45, 7) is 0. The number of aromatic nitrogens is 2. The highest BCUT2D eigenvalue weighted by molar-refractivity contribution is 7.90. The standard InChI is InChI=1S/C17H14F6N4OS/c1-26(29(24,28)13-6-8-27-9-7-25-14(27)10-13)15(17(21,22)23)11-2-4-12(5-3-11)16(18,19)20/h2-10,15,24H,1H3/t15-,29-/m1/s1. The van der Waals surface area contributed by atoms with Crippen LogP contribution in [-0.2, 0) is 16.1 Å². The summed E-state index contributed by atoms with van der Waals surface area (Å²) in [5.41, 5.74) is -1.38. The van der Waals surface area contributed by atoms with Crippen LogP contribution < -0.4 is 0 Å². The molecule has 0 aliphatic heterocycles. The van der Waals surface area contributed by atoms with Crippen LogP contribution in [-0.4, -0.2) is 31.1 Å². The van der Waals surface area contributed by atoms with Crippen molar-refractivity contribution in [2.75, 3.05) is 7.05 Å². The fourth-order valence-corrected chi connectivity index (χ4v) is 4.22. The number of fused-ring (bicyclic) bond motifs is 1. The first-order chi connectivity index (χ1) is 13.3. The van der Waals surface area contributed by atoms with E-state index in [2.05, 4.69) is 4.98 Å². The van der Waals surface area contributed by atoms with Gasteiger partial charge >= 0.3 is 12.4 Å². The molecule has 5 nitrogen and oxygen atoms in total. The molecule has 1 aromatic carbocycles. The van der Waals surface area contributed by atoms with Crippen molar-refractivity contribution in [3.05, 3.63) is 66.1 Å². The summed E-state index contributed by atoms with van der Waals surface area (Å²) in [7, 11) is -3.29. The highest BCUT2D eigenvalue weighted by atomic mass is 32.2. The summed E-state index contributed by atoms with van der Waals surface area (Å²) >= 11 is 0. The first-order valence-corrected chi connectivity index (χ1v) is 9.51. The number of halogens is 6. The highest BCUT2D eigenvalue weighted by Crippen LogP contribution is 2.40. The molecule has 2 heterocycles. The molecule has 2 aromatic heterocycles. The predicted octanol–water partition coefficient (Wildman–Crippen LogP) is 4.91. The molecule has 0 aliphatic rings. The van der Waals surface area contributed by atoms with Crippen LogP contribution in [0.2, 0.25) is 0 Å². The van der Waals surface area contributed by atoms with Crippen LogP contribution in [0.3, 0.4) is 0 Å². The maximum atomic E-state index is 13.8. The van der Waals surface area contributed by atoms with Crippen LogP contribution in [0.25, 0.3) is 5.65 Å². The van der Waals surface area contributed by atoms with Crippen molar-refractivity contribution in [2.24, 2.45) is 0 Å². The fraction of sp³-hybridized carbons (Fsp3) is 0.235. The molecule has 2 atom stereocenters. The van der Waals surface area contributed by atoms with Gasteiger partial charge in [0, 0.05) is 25.6 Å². The number of nitrogens with zero attached hydrogens (tertiary/aromatic N) is 3. The monoisotopic (exact) mass is 436 g/mol. The van der Waals surface area contributed by atoms with Gasteiger partial charge in [-0.05, 0) is 29.8 Å². The second kappa shape index (κ2) is 7.02. The molecule has 0 amide bonds. The first-order valence-electron chi connectivity index (χ1n) is 8.00. The SMILES string of the molecule is CN([C@H](c1ccc(C(F)(F)F)cc1)C(F)(F)F)[S@@](=N)(=O)c1ccn2ccnc2c1. The topological polar surface area (TPSA) is 61.5 Å². The summed E-state index contributed by atoms with van der Waals surface area (Å²) in [6, 6.07) is 2.29. The zero-order valence-electron chi connectivity index (χ0n) is 14.7. The van der Waals surface area contributed by atoms with Crippen molar-refractivity contribution in [1.82, 2.24) is 13.7 Å². The van der Waals surface area contributed by atoms with Crippen LogP contribution in [0.1, 0.15) is 17.2 Å². The molecule has 0 spiro atoms. The maximum Gasteiger partial charge on any atom is 0.416 e. The normalized spacial score (nSPS) is 16.1. The number of benzene rings is 1. The zero-order chi connectivity index (χ0) is 21.6. The van der Waals surface area contributed by atoms with Crippen molar-refractivity contribution < 1.29 is 30.6 Å². The van der Waals surface area contributed by atoms with E-state index in [4.69, 9.17) is 4.78 Å². The molecular formula is C17H14F6N4OS. The van der Waals surface area contributed by atoms with Crippen LogP contribution in [0, 0.1) is 4.78 Å². The Kier molecular flexibility index (Phi) is 5.11. The zero-order valence-corrected chi connectivity index (χ0v) is 15.5. The Labute approximate surface area is 161 Å². The van der Waals surface area contributed by atoms with Gasteiger partial charge in [0.1, 0.15) is 21.6 Å². The smallest absolute Gasteiger partial charge is 0.307 e. The molecule has 156 valence electrons. The van der Waals surface area contributed by atoms with E-state index in [-0.39, 0.29) is 10.5 Å². The van der Waals surface area contributed by atoms with Gasteiger partial charge in [-0.15, -0.1) is 0 Å². The van der Waals surface area contributed by atoms with E-state index in [0.717, 1.165) is 7.05 Å². The van der Waals surface area contributed by atoms with Crippen LogP contribution in [0.5, 0.6) is 0 Å². The van der Waals surface area contributed by atoms with E-state index in [1.165, 1.54) is 28.9 Å². The number of pyridine rings is 1. The average molecular weight is 436 g/mol. The highest BCUT2D eigenvalue weighted by Gasteiger charge is 2.47. The molecule has 0 fully saturated rings. The second-order valence-electron chi connectivity index (χ2n) is 6.19. The van der Waals surface area contributed by atoms with Crippen molar-refractivity contribution in [1.29, 1.82) is 4.78 Å². The Morgan fingerprint density at radius 3 is 2.24 bits per heavy atom. The van der Waals surface area contributed by atoms with Gasteiger partial charge in [0.15, 0.2) is 0 Å². The number of imidazole rings is 1. The lowest BCUT2D eigenvalue weighted by Gasteiger charge is -2.31. The lowest BCUT2D eigenvalue weighted by atomic mass is 10.0. The number of rotatable bonds is 4. The molecule has 3 aromatic rings. The van der Waals surface area contributed by atoms with E-state index in [1.54, 1.807) is 6.20 Å². The van der Waals surface area contributed by atoms with Gasteiger partial charge in [0.2, 0.25) is 0 Å². The molecule has 0 radical (unpaired) electrons. The molecule has 0 saturated carbocycles. The van der Waals surface area contributed by atoms with E-state index < -0.39 is 39.4 Å². The molecule has 0 aliphatic carbocycles. The summed E-state index contributed by atoms with van der Waals surface area (Å²) in [6.07, 6.45) is -5.30. The van der Waals surface area contributed by atoms with E-state index in [1.807, 2.05) is 0 Å². The summed E-state index contributed by atoms with van der Waals surface area (Å²) in [5, 5.41) is 0. The lowest BCUT2D eigenvalue weighted by Crippen LogP contribution is -2.39. The van der Waals surface area contributed by atoms with Gasteiger partial charge in [-0.1, -0.05) is 12.1 Å². The third kappa shape index (κ3) is 4.08. The third-order valence-electron chi connectivity index (χ3n) is 4.32. The average Bonchev–Trinajstić information content (AvgIpc) is 3.08. The summed E-state index contributed by atoms with van der Waals surface area (Å²) < 4.78 is 102. The van der Waals surface area contributed by atoms with Gasteiger partial charge in [-0.25, -0.2) is 18.3 Å². The van der Waals surface area contributed by atoms with Crippen molar-refractivity contribution in [2.45, 2.75) is 23.3 Å². The van der Waals surface area contributed by atoms with Gasteiger partial charge < -0.3 is 4.40 Å². The van der Waals surface area contributed by atoms with Gasteiger partial charge in [-0.3, -0.25) is 0 Å². The first kappa shape index (κ1) is 21.1. The minimum atomic E-state index is -4.99. The van der Waals surface area contributed by atoms with E-state index >= 15 is 0 Å². The molecule has 3 rings (SSSR count). The molecule has 0 saturated heterocycles. The Balaban J connectivity index is 2.04. The minimum absolute atomic E-state index is 0.208. The van der Waals surface area contributed by atoms with Gasteiger partial charge in [-0.2, -0.15) is 26.3 Å². The summed E-state index contributed by atoms with van der Waals surface area (Å²) in [5.74, 6) is 0. The molecule has 0 unspecified atom stereocenters. The quantitative estimate of drug-likeness (QED) is 0.591. The maximum absolute atomic E-state index is 13.8. The summed E-state index contributed by atoms with van der Waals surface area (Å²) in [4.78, 5) is 3.74. The van der Waals surface area contributed by atoms with Crippen LogP contribution in [0.15, 0.2) is 59.9 Å². The molecule has 1 N–H and O–H groups in total. The number of hydrogen-bond acceptors (Lipinski definition) is 3. The second-order valence-corrected chi connectivity index (χ2v) is 8.29. The molecule has 0 bridgehead atoms. The molecule has 29 heavy (non-hydrogen) atoms. The number of hydrogen-bond donors (Lipinski definition) is 1. The predicted molar refractivity (Wildman–Crippen MR) is 92.3 cm³/mol. The Morgan fingerprint density at radius 2 is 1.69 bits per heavy atom. The Morgan fingerprint density at radius 1 is 1.07 bits per heavy atom. The largest absolute Gasteiger partial charge is 0.416 e. The lowest BCUT2D eigenvalue weighted by molar-refractivity contribution is -0.170. The molecule has 12 heteroatoms.